The van der Waals surface area contributed by atoms with Crippen LogP contribution >= 0.6 is 0 Å². The van der Waals surface area contributed by atoms with Crippen LogP contribution < -0.4 is 5.32 Å². The highest BCUT2D eigenvalue weighted by Gasteiger charge is 2.17. The molecule has 0 fully saturated rings. The summed E-state index contributed by atoms with van der Waals surface area (Å²) in [5.41, 5.74) is -0.0637. The molecule has 0 heterocycles. The molecular weight excluding hydrogens is 272 g/mol. The van der Waals surface area contributed by atoms with E-state index in [-0.39, 0.29) is 0 Å². The lowest BCUT2D eigenvalue weighted by Crippen LogP contribution is -2.16. The molecule has 0 saturated heterocycles. The zero-order chi connectivity index (χ0) is 14.8. The fourth-order valence-electron chi connectivity index (χ4n) is 2.23. The van der Waals surface area contributed by atoms with E-state index in [1.807, 2.05) is 30.3 Å². The molecule has 0 aromatic heterocycles. The Morgan fingerprint density at radius 2 is 1.43 bits per heavy atom. The molecule has 104 valence electrons. The number of halogens is 2. The lowest BCUT2D eigenvalue weighted by molar-refractivity contribution is 0.101. The minimum Gasteiger partial charge on any atom is -0.321 e. The van der Waals surface area contributed by atoms with Gasteiger partial charge in [0.15, 0.2) is 0 Å². The Morgan fingerprint density at radius 3 is 2.19 bits per heavy atom. The highest BCUT2D eigenvalue weighted by atomic mass is 19.1. The molecule has 0 spiro atoms. The standard InChI is InChI=1S/C17H11F2NO/c18-13-8-4-9-14(19)16(13)17(21)20-15-10-3-6-11-5-1-2-7-12(11)15/h1-10H,(H,20,21). The Hall–Kier alpha value is -2.75. The van der Waals surface area contributed by atoms with Crippen molar-refractivity contribution >= 4 is 22.4 Å². The van der Waals surface area contributed by atoms with Crippen LogP contribution in [0.2, 0.25) is 0 Å². The fourth-order valence-corrected chi connectivity index (χ4v) is 2.23. The summed E-state index contributed by atoms with van der Waals surface area (Å²) in [7, 11) is 0. The van der Waals surface area contributed by atoms with Crippen molar-refractivity contribution in [1.82, 2.24) is 0 Å². The number of carbonyl (C=O) groups is 1. The molecule has 1 N–H and O–H groups in total. The van der Waals surface area contributed by atoms with E-state index >= 15 is 0 Å². The van der Waals surface area contributed by atoms with Gasteiger partial charge in [0, 0.05) is 11.1 Å². The van der Waals surface area contributed by atoms with Crippen LogP contribution in [0, 0.1) is 11.6 Å². The number of rotatable bonds is 2. The quantitative estimate of drug-likeness (QED) is 0.743. The molecule has 0 unspecified atom stereocenters. The van der Waals surface area contributed by atoms with Gasteiger partial charge in [0.1, 0.15) is 17.2 Å². The molecule has 0 aliphatic heterocycles. The summed E-state index contributed by atoms with van der Waals surface area (Å²) in [6, 6.07) is 16.1. The van der Waals surface area contributed by atoms with Gasteiger partial charge in [0.05, 0.1) is 0 Å². The van der Waals surface area contributed by atoms with Crippen molar-refractivity contribution in [3.8, 4) is 0 Å². The molecule has 0 radical (unpaired) electrons. The van der Waals surface area contributed by atoms with E-state index < -0.39 is 23.1 Å². The third kappa shape index (κ3) is 2.48. The fraction of sp³-hybridized carbons (Fsp3) is 0. The molecule has 4 heteroatoms. The van der Waals surface area contributed by atoms with Crippen molar-refractivity contribution in [2.24, 2.45) is 0 Å². The number of benzene rings is 3. The predicted molar refractivity (Wildman–Crippen MR) is 78.3 cm³/mol. The summed E-state index contributed by atoms with van der Waals surface area (Å²) in [5, 5.41) is 4.31. The lowest BCUT2D eigenvalue weighted by atomic mass is 10.1. The number of hydrogen-bond donors (Lipinski definition) is 1. The van der Waals surface area contributed by atoms with Gasteiger partial charge in [-0.25, -0.2) is 8.78 Å². The maximum atomic E-state index is 13.6. The van der Waals surface area contributed by atoms with E-state index in [9.17, 15) is 13.6 Å². The number of hydrogen-bond acceptors (Lipinski definition) is 1. The van der Waals surface area contributed by atoms with Crippen LogP contribution in [0.4, 0.5) is 14.5 Å². The van der Waals surface area contributed by atoms with Gasteiger partial charge in [-0.3, -0.25) is 4.79 Å². The molecule has 0 aliphatic carbocycles. The summed E-state index contributed by atoms with van der Waals surface area (Å²) in [6.07, 6.45) is 0. The second kappa shape index (κ2) is 5.32. The first-order chi connectivity index (χ1) is 10.2. The molecule has 0 atom stereocenters. The molecule has 2 nitrogen and oxygen atoms in total. The number of fused-ring (bicyclic) bond motifs is 1. The maximum Gasteiger partial charge on any atom is 0.261 e. The van der Waals surface area contributed by atoms with E-state index in [2.05, 4.69) is 5.32 Å². The van der Waals surface area contributed by atoms with E-state index in [0.29, 0.717) is 5.69 Å². The van der Waals surface area contributed by atoms with Crippen molar-refractivity contribution in [3.63, 3.8) is 0 Å². The monoisotopic (exact) mass is 283 g/mol. The molecule has 0 aliphatic rings. The van der Waals surface area contributed by atoms with Gasteiger partial charge in [-0.05, 0) is 23.6 Å². The van der Waals surface area contributed by atoms with Gasteiger partial charge >= 0.3 is 0 Å². The number of amides is 1. The lowest BCUT2D eigenvalue weighted by Gasteiger charge is -2.09. The molecule has 3 rings (SSSR count). The van der Waals surface area contributed by atoms with Crippen molar-refractivity contribution < 1.29 is 13.6 Å². The van der Waals surface area contributed by atoms with Crippen molar-refractivity contribution in [3.05, 3.63) is 77.9 Å². The Bertz CT molecular complexity index is 804. The van der Waals surface area contributed by atoms with Crippen LogP contribution in [0.3, 0.4) is 0 Å². The zero-order valence-corrected chi connectivity index (χ0v) is 10.9. The van der Waals surface area contributed by atoms with Crippen molar-refractivity contribution in [2.45, 2.75) is 0 Å². The first-order valence-corrected chi connectivity index (χ1v) is 6.40. The van der Waals surface area contributed by atoms with Gasteiger partial charge in [-0.1, -0.05) is 42.5 Å². The van der Waals surface area contributed by atoms with Gasteiger partial charge < -0.3 is 5.32 Å². The minimum atomic E-state index is -0.882. The van der Waals surface area contributed by atoms with E-state index in [4.69, 9.17) is 0 Å². The van der Waals surface area contributed by atoms with Gasteiger partial charge in [-0.15, -0.1) is 0 Å². The zero-order valence-electron chi connectivity index (χ0n) is 10.9. The number of carbonyl (C=O) groups excluding carboxylic acids is 1. The number of anilines is 1. The first-order valence-electron chi connectivity index (χ1n) is 6.40. The third-order valence-electron chi connectivity index (χ3n) is 3.23. The second-order valence-electron chi connectivity index (χ2n) is 4.58. The Balaban J connectivity index is 2.01. The molecule has 0 saturated carbocycles. The molecule has 21 heavy (non-hydrogen) atoms. The van der Waals surface area contributed by atoms with E-state index in [0.717, 1.165) is 22.9 Å². The smallest absolute Gasteiger partial charge is 0.261 e. The predicted octanol–water partition coefficient (Wildman–Crippen LogP) is 4.37. The van der Waals surface area contributed by atoms with Gasteiger partial charge in [-0.2, -0.15) is 0 Å². The summed E-state index contributed by atoms with van der Waals surface area (Å²) >= 11 is 0. The minimum absolute atomic E-state index is 0.515. The molecule has 3 aromatic rings. The average Bonchev–Trinajstić information content (AvgIpc) is 2.47. The molecule has 1 amide bonds. The summed E-state index contributed by atoms with van der Waals surface area (Å²) in [4.78, 5) is 12.1. The third-order valence-corrected chi connectivity index (χ3v) is 3.23. The Kier molecular flexibility index (Phi) is 3.36. The van der Waals surface area contributed by atoms with Crippen LogP contribution in [0.15, 0.2) is 60.7 Å². The number of nitrogens with one attached hydrogen (secondary N) is 1. The Morgan fingerprint density at radius 1 is 0.810 bits per heavy atom. The first kappa shape index (κ1) is 13.2. The largest absolute Gasteiger partial charge is 0.321 e. The maximum absolute atomic E-state index is 13.6. The van der Waals surface area contributed by atoms with Crippen LogP contribution in [0.25, 0.3) is 10.8 Å². The van der Waals surface area contributed by atoms with Crippen LogP contribution in [0.5, 0.6) is 0 Å². The summed E-state index contributed by atoms with van der Waals surface area (Å²) in [6.45, 7) is 0. The van der Waals surface area contributed by atoms with Crippen molar-refractivity contribution in [1.29, 1.82) is 0 Å². The average molecular weight is 283 g/mol. The second-order valence-corrected chi connectivity index (χ2v) is 4.58. The van der Waals surface area contributed by atoms with Crippen LogP contribution in [-0.4, -0.2) is 5.91 Å². The molecule has 3 aromatic carbocycles. The topological polar surface area (TPSA) is 29.1 Å². The highest BCUT2D eigenvalue weighted by Crippen LogP contribution is 2.24. The molecule has 0 bridgehead atoms. The molecular formula is C17H11F2NO. The normalized spacial score (nSPS) is 10.6. The van der Waals surface area contributed by atoms with Gasteiger partial charge in [0.2, 0.25) is 0 Å². The SMILES string of the molecule is O=C(Nc1cccc2ccccc12)c1c(F)cccc1F. The van der Waals surface area contributed by atoms with Crippen LogP contribution in [0.1, 0.15) is 10.4 Å². The van der Waals surface area contributed by atoms with Crippen molar-refractivity contribution in [2.75, 3.05) is 5.32 Å². The summed E-state index contributed by atoms with van der Waals surface area (Å²) < 4.78 is 27.2. The van der Waals surface area contributed by atoms with E-state index in [1.165, 1.54) is 6.07 Å². The highest BCUT2D eigenvalue weighted by molar-refractivity contribution is 6.09. The van der Waals surface area contributed by atoms with Crippen LogP contribution in [-0.2, 0) is 0 Å². The van der Waals surface area contributed by atoms with Gasteiger partial charge in [0.25, 0.3) is 5.91 Å². The Labute approximate surface area is 120 Å². The summed E-state index contributed by atoms with van der Waals surface area (Å²) in [5.74, 6) is -2.57. The van der Waals surface area contributed by atoms with E-state index in [1.54, 1.807) is 12.1 Å².